The van der Waals surface area contributed by atoms with Crippen LogP contribution in [0.2, 0.25) is 0 Å². The molecule has 0 spiro atoms. The third kappa shape index (κ3) is 3.94. The predicted molar refractivity (Wildman–Crippen MR) is 68.6 cm³/mol. The summed E-state index contributed by atoms with van der Waals surface area (Å²) in [5.74, 6) is -1.75. The second-order valence-corrected chi connectivity index (χ2v) is 7.53. The zero-order valence-corrected chi connectivity index (χ0v) is 12.5. The molecule has 0 aromatic carbocycles. The van der Waals surface area contributed by atoms with Gasteiger partial charge in [0.15, 0.2) is 0 Å². The minimum absolute atomic E-state index is 0.0478. The molecule has 2 atom stereocenters. The van der Waals surface area contributed by atoms with Crippen LogP contribution in [0.1, 0.15) is 18.5 Å². The van der Waals surface area contributed by atoms with E-state index in [0.29, 0.717) is 12.1 Å². The van der Waals surface area contributed by atoms with Crippen LogP contribution in [-0.2, 0) is 23.1 Å². The maximum atomic E-state index is 12.6. The van der Waals surface area contributed by atoms with Gasteiger partial charge in [-0.25, -0.2) is 8.42 Å². The fraction of sp³-hybridized carbons (Fsp3) is 0.818. The number of alkyl halides is 3. The van der Waals surface area contributed by atoms with Crippen molar-refractivity contribution in [2.45, 2.75) is 32.1 Å². The summed E-state index contributed by atoms with van der Waals surface area (Å²) in [6.07, 6.45) is -0.925. The lowest BCUT2D eigenvalue weighted by atomic mass is 9.73. The summed E-state index contributed by atoms with van der Waals surface area (Å²) in [5, 5.41) is 7.56. The Balaban J connectivity index is 1.95. The molecule has 120 valence electrons. The van der Waals surface area contributed by atoms with Gasteiger partial charge in [-0.1, -0.05) is 5.21 Å². The molecule has 1 aliphatic carbocycles. The van der Waals surface area contributed by atoms with Gasteiger partial charge in [0.1, 0.15) is 0 Å². The molecule has 0 aliphatic heterocycles. The first kappa shape index (κ1) is 16.2. The number of aromatic nitrogens is 3. The normalized spacial score (nSPS) is 23.3. The molecule has 0 N–H and O–H groups in total. The fourth-order valence-electron chi connectivity index (χ4n) is 2.30. The second kappa shape index (κ2) is 5.56. The van der Waals surface area contributed by atoms with Gasteiger partial charge in [0.05, 0.1) is 24.4 Å². The van der Waals surface area contributed by atoms with Gasteiger partial charge in [-0.15, -0.1) is 5.10 Å². The molecule has 0 radical (unpaired) electrons. The van der Waals surface area contributed by atoms with Crippen molar-refractivity contribution >= 4 is 10.0 Å². The first-order valence-corrected chi connectivity index (χ1v) is 8.29. The van der Waals surface area contributed by atoms with Gasteiger partial charge in [-0.3, -0.25) is 4.68 Å². The van der Waals surface area contributed by atoms with Crippen LogP contribution in [0.25, 0.3) is 0 Å². The average Bonchev–Trinajstić information content (AvgIpc) is 2.68. The SMILES string of the molecule is CN(Cc1cn(C[C@@H]2CC[C@H]2C(F)(F)F)nn1)S(C)(=O)=O. The van der Waals surface area contributed by atoms with Gasteiger partial charge < -0.3 is 0 Å². The number of rotatable bonds is 5. The first-order valence-electron chi connectivity index (χ1n) is 6.44. The van der Waals surface area contributed by atoms with Crippen molar-refractivity contribution in [2.24, 2.45) is 11.8 Å². The van der Waals surface area contributed by atoms with Gasteiger partial charge in [0.2, 0.25) is 10.0 Å². The van der Waals surface area contributed by atoms with E-state index in [0.717, 1.165) is 10.6 Å². The van der Waals surface area contributed by atoms with Crippen LogP contribution in [0.4, 0.5) is 13.2 Å². The summed E-state index contributed by atoms with van der Waals surface area (Å²) in [4.78, 5) is 0. The van der Waals surface area contributed by atoms with Crippen molar-refractivity contribution in [3.63, 3.8) is 0 Å². The van der Waals surface area contributed by atoms with Crippen molar-refractivity contribution in [3.05, 3.63) is 11.9 Å². The Hall–Kier alpha value is -1.16. The Labute approximate surface area is 121 Å². The van der Waals surface area contributed by atoms with E-state index in [4.69, 9.17) is 0 Å². The smallest absolute Gasteiger partial charge is 0.252 e. The summed E-state index contributed by atoms with van der Waals surface area (Å²) in [7, 11) is -1.93. The molecular weight excluding hydrogens is 309 g/mol. The Morgan fingerprint density at radius 1 is 1.43 bits per heavy atom. The number of hydrogen-bond acceptors (Lipinski definition) is 4. The minimum Gasteiger partial charge on any atom is -0.252 e. The summed E-state index contributed by atoms with van der Waals surface area (Å²) < 4.78 is 62.9. The zero-order chi connectivity index (χ0) is 15.8. The van der Waals surface area contributed by atoms with Crippen LogP contribution < -0.4 is 0 Å². The lowest BCUT2D eigenvalue weighted by Crippen LogP contribution is -2.40. The van der Waals surface area contributed by atoms with Gasteiger partial charge in [0, 0.05) is 19.8 Å². The van der Waals surface area contributed by atoms with E-state index in [9.17, 15) is 21.6 Å². The summed E-state index contributed by atoms with van der Waals surface area (Å²) >= 11 is 0. The molecule has 1 heterocycles. The highest BCUT2D eigenvalue weighted by atomic mass is 32.2. The van der Waals surface area contributed by atoms with Gasteiger partial charge in [-0.05, 0) is 18.8 Å². The molecule has 10 heteroatoms. The van der Waals surface area contributed by atoms with E-state index in [2.05, 4.69) is 10.3 Å². The Kier molecular flexibility index (Phi) is 4.29. The van der Waals surface area contributed by atoms with Crippen LogP contribution >= 0.6 is 0 Å². The molecular formula is C11H17F3N4O2S. The molecule has 6 nitrogen and oxygen atoms in total. The van der Waals surface area contributed by atoms with Crippen molar-refractivity contribution < 1.29 is 21.6 Å². The first-order chi connectivity index (χ1) is 9.57. The lowest BCUT2D eigenvalue weighted by Gasteiger charge is -2.37. The van der Waals surface area contributed by atoms with Crippen LogP contribution in [0, 0.1) is 11.8 Å². The highest BCUT2D eigenvalue weighted by Gasteiger charge is 2.49. The maximum Gasteiger partial charge on any atom is 0.392 e. The summed E-state index contributed by atoms with van der Waals surface area (Å²) in [5.41, 5.74) is 0.408. The Bertz CT molecular complexity index is 599. The Morgan fingerprint density at radius 2 is 2.10 bits per heavy atom. The fourth-order valence-corrected chi connectivity index (χ4v) is 2.67. The van der Waals surface area contributed by atoms with Crippen molar-refractivity contribution in [3.8, 4) is 0 Å². The molecule has 0 bridgehead atoms. The van der Waals surface area contributed by atoms with E-state index in [1.165, 1.54) is 17.9 Å². The molecule has 1 aromatic rings. The zero-order valence-electron chi connectivity index (χ0n) is 11.7. The minimum atomic E-state index is -4.16. The van der Waals surface area contributed by atoms with Crippen LogP contribution in [0.3, 0.4) is 0 Å². The number of sulfonamides is 1. The molecule has 1 saturated carbocycles. The Morgan fingerprint density at radius 3 is 2.57 bits per heavy atom. The third-order valence-corrected chi connectivity index (χ3v) is 5.06. The van der Waals surface area contributed by atoms with Crippen molar-refractivity contribution in [2.75, 3.05) is 13.3 Å². The second-order valence-electron chi connectivity index (χ2n) is 5.44. The van der Waals surface area contributed by atoms with Gasteiger partial charge in [0.25, 0.3) is 0 Å². The van der Waals surface area contributed by atoms with E-state index in [1.54, 1.807) is 0 Å². The quantitative estimate of drug-likeness (QED) is 0.817. The third-order valence-electron chi connectivity index (χ3n) is 3.80. The largest absolute Gasteiger partial charge is 0.392 e. The summed E-state index contributed by atoms with van der Waals surface area (Å²) in [6, 6.07) is 0. The predicted octanol–water partition coefficient (Wildman–Crippen LogP) is 1.26. The van der Waals surface area contributed by atoms with Crippen LogP contribution in [0.5, 0.6) is 0 Å². The van der Waals surface area contributed by atoms with Crippen LogP contribution in [-0.4, -0.2) is 47.2 Å². The molecule has 2 rings (SSSR count). The monoisotopic (exact) mass is 326 g/mol. The molecule has 1 aromatic heterocycles. The number of nitrogens with zero attached hydrogens (tertiary/aromatic N) is 4. The summed E-state index contributed by atoms with van der Waals surface area (Å²) in [6.45, 7) is 0.200. The van der Waals surface area contributed by atoms with E-state index in [1.807, 2.05) is 0 Å². The molecule has 0 unspecified atom stereocenters. The number of halogens is 3. The highest BCUT2D eigenvalue weighted by molar-refractivity contribution is 7.88. The topological polar surface area (TPSA) is 68.1 Å². The van der Waals surface area contributed by atoms with E-state index < -0.39 is 28.0 Å². The van der Waals surface area contributed by atoms with Crippen molar-refractivity contribution in [1.82, 2.24) is 19.3 Å². The lowest BCUT2D eigenvalue weighted by molar-refractivity contribution is -0.214. The molecule has 1 aliphatic rings. The highest BCUT2D eigenvalue weighted by Crippen LogP contribution is 2.46. The maximum absolute atomic E-state index is 12.6. The van der Waals surface area contributed by atoms with Gasteiger partial charge in [-0.2, -0.15) is 17.5 Å². The van der Waals surface area contributed by atoms with Crippen LogP contribution in [0.15, 0.2) is 6.20 Å². The molecule has 1 fully saturated rings. The van der Waals surface area contributed by atoms with E-state index in [-0.39, 0.29) is 19.5 Å². The van der Waals surface area contributed by atoms with Crippen molar-refractivity contribution in [1.29, 1.82) is 0 Å². The molecule has 21 heavy (non-hydrogen) atoms. The molecule has 0 saturated heterocycles. The molecule has 0 amide bonds. The van der Waals surface area contributed by atoms with Gasteiger partial charge >= 0.3 is 6.18 Å². The average molecular weight is 326 g/mol. The number of hydrogen-bond donors (Lipinski definition) is 0. The standard InChI is InChI=1S/C11H17F3N4O2S/c1-17(21(2,19)20)6-9-7-18(16-15-9)5-8-3-4-10(8)11(12,13)14/h7-8,10H,3-6H2,1-2H3/t8-,10+/m0/s1. The van der Waals surface area contributed by atoms with E-state index >= 15 is 0 Å².